The molecule has 0 saturated heterocycles. The van der Waals surface area contributed by atoms with Gasteiger partial charge in [0.05, 0.1) is 6.61 Å². The lowest BCUT2D eigenvalue weighted by molar-refractivity contribution is -0.114. The highest BCUT2D eigenvalue weighted by molar-refractivity contribution is 5.88. The van der Waals surface area contributed by atoms with Crippen molar-refractivity contribution in [3.05, 3.63) is 29.8 Å². The Morgan fingerprint density at radius 1 is 1.16 bits per heavy atom. The molecule has 0 saturated carbocycles. The van der Waals surface area contributed by atoms with E-state index in [0.717, 1.165) is 37.8 Å². The van der Waals surface area contributed by atoms with Gasteiger partial charge < -0.3 is 10.1 Å². The third-order valence-electron chi connectivity index (χ3n) is 2.80. The van der Waals surface area contributed by atoms with Gasteiger partial charge in [0.15, 0.2) is 0 Å². The highest BCUT2D eigenvalue weighted by Crippen LogP contribution is 2.12. The van der Waals surface area contributed by atoms with Crippen LogP contribution in [0.5, 0.6) is 0 Å². The molecule has 1 rings (SSSR count). The van der Waals surface area contributed by atoms with Gasteiger partial charge in [-0.1, -0.05) is 25.0 Å². The van der Waals surface area contributed by atoms with Gasteiger partial charge in [-0.25, -0.2) is 4.79 Å². The molecule has 1 N–H and O–H groups in total. The molecule has 103 valence electrons. The van der Waals surface area contributed by atoms with Gasteiger partial charge in [-0.15, -0.1) is 0 Å². The van der Waals surface area contributed by atoms with E-state index in [0.29, 0.717) is 6.61 Å². The molecule has 0 unspecified atom stereocenters. The van der Waals surface area contributed by atoms with Gasteiger partial charge in [0.1, 0.15) is 0 Å². The van der Waals surface area contributed by atoms with Crippen LogP contribution in [0.25, 0.3) is 0 Å². The van der Waals surface area contributed by atoms with E-state index in [-0.39, 0.29) is 5.91 Å². The number of hydrogen-bond donors (Lipinski definition) is 1. The fraction of sp³-hybridized carbons (Fsp3) is 0.467. The minimum atomic E-state index is -0.0532. The summed E-state index contributed by atoms with van der Waals surface area (Å²) in [6, 6.07) is 7.92. The average molecular weight is 262 g/mol. The molecule has 19 heavy (non-hydrogen) atoms. The molecule has 1 aromatic rings. The molecule has 4 heteroatoms. The first-order valence-corrected chi connectivity index (χ1v) is 6.58. The zero-order valence-electron chi connectivity index (χ0n) is 11.3. The molecule has 0 spiro atoms. The van der Waals surface area contributed by atoms with Crippen molar-refractivity contribution >= 4 is 18.1 Å². The van der Waals surface area contributed by atoms with Crippen molar-refractivity contribution in [1.82, 2.24) is 0 Å². The molecular weight excluding hydrogens is 242 g/mol. The Morgan fingerprint density at radius 2 is 1.84 bits per heavy atom. The lowest BCUT2D eigenvalue weighted by Gasteiger charge is -2.05. The molecule has 1 amide bonds. The number of benzene rings is 1. The van der Waals surface area contributed by atoms with E-state index in [2.05, 4.69) is 10.1 Å². The third-order valence-corrected chi connectivity index (χ3v) is 2.80. The number of aryl methyl sites for hydroxylation is 1. The van der Waals surface area contributed by atoms with E-state index in [9.17, 15) is 9.59 Å². The Labute approximate surface area is 114 Å². The summed E-state index contributed by atoms with van der Waals surface area (Å²) in [6.07, 6.45) is 5.23. The van der Waals surface area contributed by atoms with Crippen LogP contribution in [0.2, 0.25) is 0 Å². The smallest absolute Gasteiger partial charge is 0.417 e. The summed E-state index contributed by atoms with van der Waals surface area (Å²) in [6.45, 7) is 3.39. The largest absolute Gasteiger partial charge is 0.457 e. The SMILES string of the molecule is CC(=O)Nc1ccc(CCCCCCO[C]=O)cc1. The van der Waals surface area contributed by atoms with Crippen LogP contribution in [0.15, 0.2) is 24.3 Å². The molecule has 0 bridgehead atoms. The van der Waals surface area contributed by atoms with Crippen LogP contribution in [-0.4, -0.2) is 19.0 Å². The topological polar surface area (TPSA) is 55.4 Å². The number of carbonyl (C=O) groups is 1. The molecule has 0 heterocycles. The molecule has 0 aliphatic heterocycles. The molecule has 4 nitrogen and oxygen atoms in total. The summed E-state index contributed by atoms with van der Waals surface area (Å²) in [4.78, 5) is 20.7. The number of anilines is 1. The van der Waals surface area contributed by atoms with Crippen molar-refractivity contribution in [2.75, 3.05) is 11.9 Å². The number of ether oxygens (including phenoxy) is 1. The molecule has 0 aromatic heterocycles. The van der Waals surface area contributed by atoms with Gasteiger partial charge in [-0.05, 0) is 37.0 Å². The minimum absolute atomic E-state index is 0.0532. The number of nitrogens with one attached hydrogen (secondary N) is 1. The van der Waals surface area contributed by atoms with Gasteiger partial charge in [0.2, 0.25) is 5.91 Å². The van der Waals surface area contributed by atoms with Crippen molar-refractivity contribution in [2.45, 2.75) is 39.0 Å². The highest BCUT2D eigenvalue weighted by Gasteiger charge is 1.97. The molecule has 0 atom stereocenters. The Bertz CT molecular complexity index is 387. The summed E-state index contributed by atoms with van der Waals surface area (Å²) in [7, 11) is 0. The molecule has 0 aliphatic rings. The van der Waals surface area contributed by atoms with E-state index in [1.807, 2.05) is 24.3 Å². The highest BCUT2D eigenvalue weighted by atomic mass is 16.5. The van der Waals surface area contributed by atoms with E-state index in [1.165, 1.54) is 19.0 Å². The standard InChI is InChI=1S/C15H20NO3/c1-13(18)16-15-9-7-14(8-10-15)6-4-2-3-5-11-19-12-17/h7-10H,2-6,11H2,1H3,(H,16,18). The summed E-state index contributed by atoms with van der Waals surface area (Å²) >= 11 is 0. The Kier molecular flexibility index (Phi) is 7.32. The van der Waals surface area contributed by atoms with Crippen LogP contribution < -0.4 is 5.32 Å². The first-order chi connectivity index (χ1) is 9.22. The van der Waals surface area contributed by atoms with Crippen molar-refractivity contribution in [3.8, 4) is 0 Å². The fourth-order valence-electron chi connectivity index (χ4n) is 1.86. The van der Waals surface area contributed by atoms with Gasteiger partial charge in [-0.2, -0.15) is 0 Å². The second-order valence-electron chi connectivity index (χ2n) is 4.47. The van der Waals surface area contributed by atoms with E-state index in [1.54, 1.807) is 0 Å². The first-order valence-electron chi connectivity index (χ1n) is 6.58. The van der Waals surface area contributed by atoms with Gasteiger partial charge in [0.25, 0.3) is 0 Å². The van der Waals surface area contributed by atoms with Crippen molar-refractivity contribution in [3.63, 3.8) is 0 Å². The number of hydrogen-bond acceptors (Lipinski definition) is 3. The Balaban J connectivity index is 2.15. The fourth-order valence-corrected chi connectivity index (χ4v) is 1.86. The summed E-state index contributed by atoms with van der Waals surface area (Å²) in [5.74, 6) is -0.0532. The van der Waals surface area contributed by atoms with Crippen molar-refractivity contribution in [1.29, 1.82) is 0 Å². The van der Waals surface area contributed by atoms with Gasteiger partial charge in [0, 0.05) is 12.6 Å². The lowest BCUT2D eigenvalue weighted by atomic mass is 10.1. The number of rotatable bonds is 9. The molecule has 0 fully saturated rings. The second-order valence-corrected chi connectivity index (χ2v) is 4.47. The number of unbranched alkanes of at least 4 members (excludes halogenated alkanes) is 3. The normalized spacial score (nSPS) is 9.95. The minimum Gasteiger partial charge on any atom is -0.457 e. The zero-order valence-corrected chi connectivity index (χ0v) is 11.3. The van der Waals surface area contributed by atoms with Crippen LogP contribution in [0.3, 0.4) is 0 Å². The number of amides is 1. The quantitative estimate of drug-likeness (QED) is 0.696. The van der Waals surface area contributed by atoms with Crippen LogP contribution in [0.4, 0.5) is 5.69 Å². The maximum Gasteiger partial charge on any atom is 0.417 e. The van der Waals surface area contributed by atoms with Crippen LogP contribution in [0.1, 0.15) is 38.2 Å². The Morgan fingerprint density at radius 3 is 2.47 bits per heavy atom. The molecule has 1 aromatic carbocycles. The summed E-state index contributed by atoms with van der Waals surface area (Å²) < 4.78 is 4.50. The van der Waals surface area contributed by atoms with E-state index in [4.69, 9.17) is 0 Å². The van der Waals surface area contributed by atoms with Crippen molar-refractivity contribution < 1.29 is 14.3 Å². The van der Waals surface area contributed by atoms with E-state index >= 15 is 0 Å². The molecule has 1 radical (unpaired) electrons. The number of carbonyl (C=O) groups excluding carboxylic acids is 2. The third kappa shape index (κ3) is 7.24. The van der Waals surface area contributed by atoms with Gasteiger partial charge in [-0.3, -0.25) is 4.79 Å². The van der Waals surface area contributed by atoms with E-state index < -0.39 is 0 Å². The Hall–Kier alpha value is -1.84. The zero-order chi connectivity index (χ0) is 13.9. The summed E-state index contributed by atoms with van der Waals surface area (Å²) in [5, 5.41) is 2.74. The average Bonchev–Trinajstić information content (AvgIpc) is 2.39. The van der Waals surface area contributed by atoms with Crippen LogP contribution in [-0.2, 0) is 20.7 Å². The maximum absolute atomic E-state index is 10.9. The monoisotopic (exact) mass is 262 g/mol. The van der Waals surface area contributed by atoms with Crippen LogP contribution in [0, 0.1) is 0 Å². The maximum atomic E-state index is 10.9. The predicted octanol–water partition coefficient (Wildman–Crippen LogP) is 2.83. The van der Waals surface area contributed by atoms with Gasteiger partial charge >= 0.3 is 6.47 Å². The second kappa shape index (κ2) is 9.14. The summed E-state index contributed by atoms with van der Waals surface area (Å²) in [5.41, 5.74) is 2.10. The first kappa shape index (κ1) is 15.2. The predicted molar refractivity (Wildman–Crippen MR) is 74.6 cm³/mol. The van der Waals surface area contributed by atoms with Crippen LogP contribution >= 0.6 is 0 Å². The lowest BCUT2D eigenvalue weighted by Crippen LogP contribution is -2.05. The van der Waals surface area contributed by atoms with Crippen molar-refractivity contribution in [2.24, 2.45) is 0 Å². The molecular formula is C15H20NO3. The molecule has 0 aliphatic carbocycles.